The van der Waals surface area contributed by atoms with Crippen molar-refractivity contribution in [1.29, 1.82) is 0 Å². The second-order valence-corrected chi connectivity index (χ2v) is 28.2. The number of aliphatic carboxylic acids is 1. The van der Waals surface area contributed by atoms with Gasteiger partial charge in [-0.3, -0.25) is 51.9 Å². The number of carbonyl (C=O) groups excluding carboxylic acids is 7. The summed E-state index contributed by atoms with van der Waals surface area (Å²) in [5.74, 6) is -4.92. The number of carboxylic acids is 1. The predicted octanol–water partition coefficient (Wildman–Crippen LogP) is 2.42. The average molecular weight is 1400 g/mol. The number of hydrogen-bond acceptors (Lipinski definition) is 27. The number of urea groups is 1. The predicted molar refractivity (Wildman–Crippen MR) is 331 cm³/mol. The van der Waals surface area contributed by atoms with E-state index in [1.54, 1.807) is 38.1 Å². The number of amides is 4. The first-order valence-corrected chi connectivity index (χ1v) is 34.5. The van der Waals surface area contributed by atoms with Crippen LogP contribution in [0.3, 0.4) is 0 Å². The number of Topliss-reactive ketones (excluding diaryl/α,β-unsaturated/α-hetero) is 3. The molecule has 12 N–H and O–H groups in total. The topological polar surface area (TPSA) is 493 Å². The van der Waals surface area contributed by atoms with Gasteiger partial charge in [0.25, 0.3) is 5.56 Å². The summed E-state index contributed by atoms with van der Waals surface area (Å²) in [6.45, 7) is -6.57. The number of alkyl halides is 1. The van der Waals surface area contributed by atoms with E-state index in [0.717, 1.165) is 22.1 Å². The van der Waals surface area contributed by atoms with Crippen LogP contribution in [-0.4, -0.2) is 189 Å². The van der Waals surface area contributed by atoms with Crippen molar-refractivity contribution >= 4 is 119 Å². The molecule has 0 spiro atoms. The molecule has 40 heteroatoms. The van der Waals surface area contributed by atoms with Crippen molar-refractivity contribution in [2.75, 3.05) is 51.4 Å². The van der Waals surface area contributed by atoms with E-state index in [2.05, 4.69) is 40.5 Å². The van der Waals surface area contributed by atoms with Crippen molar-refractivity contribution < 1.29 is 99.4 Å². The van der Waals surface area contributed by atoms with Gasteiger partial charge < -0.3 is 80.4 Å². The van der Waals surface area contributed by atoms with Crippen LogP contribution in [0.25, 0.3) is 22.3 Å². The van der Waals surface area contributed by atoms with Crippen molar-refractivity contribution in [3.63, 3.8) is 0 Å². The molecule has 94 heavy (non-hydrogen) atoms. The van der Waals surface area contributed by atoms with Gasteiger partial charge in [0.05, 0.1) is 44.4 Å². The van der Waals surface area contributed by atoms with Crippen LogP contribution in [0.5, 0.6) is 0 Å². The first-order chi connectivity index (χ1) is 44.5. The number of nitrogens with two attached hydrogens (primary N) is 3. The number of H-pyrrole nitrogens is 1. The van der Waals surface area contributed by atoms with E-state index in [4.69, 9.17) is 87.7 Å². The van der Waals surface area contributed by atoms with Crippen LogP contribution in [0.2, 0.25) is 0 Å². The average Bonchev–Trinajstić information content (AvgIpc) is 1.62. The van der Waals surface area contributed by atoms with E-state index in [0.29, 0.717) is 11.1 Å². The lowest BCUT2D eigenvalue weighted by molar-refractivity contribution is -0.143. The lowest BCUT2D eigenvalue weighted by Gasteiger charge is -2.30. The van der Waals surface area contributed by atoms with Gasteiger partial charge in [-0.2, -0.15) is 4.98 Å². The minimum Gasteiger partial charge on any atom is -0.481 e. The zero-order valence-corrected chi connectivity index (χ0v) is 54.4. The molecule has 4 aromatic heterocycles. The van der Waals surface area contributed by atoms with Gasteiger partial charge in [0, 0.05) is 51.6 Å². The number of benzene rings is 1. The van der Waals surface area contributed by atoms with E-state index in [-0.39, 0.29) is 128 Å². The summed E-state index contributed by atoms with van der Waals surface area (Å²) in [5, 5.41) is 14.3. The maximum Gasteiger partial charge on any atom is 0.508 e. The Morgan fingerprint density at radius 3 is 2.12 bits per heavy atom. The summed E-state index contributed by atoms with van der Waals surface area (Å²) >= 11 is 10.8. The lowest BCUT2D eigenvalue weighted by Crippen LogP contribution is -2.46. The molecule has 1 aromatic carbocycles. The van der Waals surface area contributed by atoms with Crippen LogP contribution in [0.4, 0.5) is 30.5 Å². The number of aromatic nitrogens is 8. The summed E-state index contributed by atoms with van der Waals surface area (Å²) < 4.78 is 70.9. The van der Waals surface area contributed by atoms with Gasteiger partial charge in [-0.15, -0.1) is 0 Å². The smallest absolute Gasteiger partial charge is 0.481 e. The number of carboxylic acid groups (broad SMARTS) is 1. The van der Waals surface area contributed by atoms with E-state index >= 15 is 4.39 Å². The van der Waals surface area contributed by atoms with Gasteiger partial charge in [-0.25, -0.2) is 38.7 Å². The number of fused-ring (bicyclic) bond motifs is 4. The number of hydrogen-bond donors (Lipinski definition) is 9. The monoisotopic (exact) mass is 1400 g/mol. The number of rotatable bonds is 27. The molecule has 0 radical (unpaired) electrons. The highest BCUT2D eigenvalue weighted by Crippen LogP contribution is 2.55. The quantitative estimate of drug-likeness (QED) is 0.0207. The Bertz CT molecular complexity index is 3770. The van der Waals surface area contributed by atoms with Crippen LogP contribution in [0.1, 0.15) is 89.3 Å². The van der Waals surface area contributed by atoms with Crippen LogP contribution < -0.4 is 33.4 Å². The van der Waals surface area contributed by atoms with Crippen molar-refractivity contribution in [3.05, 3.63) is 64.7 Å². The maximum absolute atomic E-state index is 16.5. The zero-order chi connectivity index (χ0) is 68.3. The number of ketones is 3. The molecule has 3 saturated heterocycles. The lowest BCUT2D eigenvalue weighted by atomic mass is 9.87. The largest absolute Gasteiger partial charge is 0.508 e. The molecule has 7 heterocycles. The van der Waals surface area contributed by atoms with Crippen molar-refractivity contribution in [1.82, 2.24) is 54.6 Å². The Kier molecular flexibility index (Phi) is 24.4. The number of imidazole rings is 2. The summed E-state index contributed by atoms with van der Waals surface area (Å²) in [4.78, 5) is 162. The molecular formula is C54H71FN14O21P2S2. The Morgan fingerprint density at radius 1 is 0.840 bits per heavy atom. The number of anilines is 2. The third-order valence-electron chi connectivity index (χ3n) is 15.3. The SMILES string of the molecule is CC(CC(=O)CCCC(=O)C[C@H](C(=O)N[C@@H](CCCNC(N)=O)C(=O)Cc1ccc(COC(=O)N(C)CCOC(=O)O[C@@H]2[C@@H]3OP(O)(=S)OC[C@H]4O[C@@H](n5cnc6c(N)ncnc65)[C@H](F)[C@@H]4OP(O)(=S)OC[C@H]3O[C@H]2n2cnc3c(=O)[nH]c(N)nc32)cc1)C(C)C)C(=O)O. The standard InChI is InChI=1S/C54H71FN14O21P2S2/c1-26(2)32(19-31(71)8-5-7-30(70)17-27(3)50(75)76)46(73)64-33(9-6-14-59-52(58)77)34(72)18-28-10-12-29(13-11-28)20-83-53(78)67(4)15-16-82-54(79)88-42-41-36(87-49(42)69-25-63-39-45(69)65-51(57)66-47(39)74)22-85-91(80,93)89-40-35(21-84-92(81,94)90-41)86-48(37(40)55)68-24-62-38-43(56)60-23-61-44(38)68/h10-13,23-27,32-33,35-37,40-42,48-49H,5-9,14-22H2,1-4H3,(H,64,73)(H,75,76)(H,80,93)(H,81,94)(H2,56,60,61)(H3,58,59,77)(H3,57,65,66,74)/t27?,32-,33-,35+,36+,37+,40+,41+,42+,48+,49+,91?,92?/m0/s1. The fraction of sp³-hybridized carbons (Fsp3) is 0.556. The molecule has 3 aliphatic rings. The number of halogens is 1. The molecule has 0 bridgehead atoms. The van der Waals surface area contributed by atoms with Gasteiger partial charge in [0.2, 0.25) is 11.9 Å². The molecule has 13 atom stereocenters. The highest BCUT2D eigenvalue weighted by molar-refractivity contribution is 8.07. The summed E-state index contributed by atoms with van der Waals surface area (Å²) in [5.41, 5.74) is 17.1. The zero-order valence-electron chi connectivity index (χ0n) is 51.0. The number of aromatic amines is 1. The molecule has 0 aliphatic carbocycles. The van der Waals surface area contributed by atoms with E-state index in [1.165, 1.54) is 24.9 Å². The Balaban J connectivity index is 0.867. The Hall–Kier alpha value is -7.61. The Labute approximate surface area is 544 Å². The van der Waals surface area contributed by atoms with Crippen molar-refractivity contribution in [2.24, 2.45) is 23.5 Å². The normalized spacial score (nSPS) is 24.8. The number of nitrogen functional groups attached to an aromatic ring is 2. The number of primary amides is 1. The molecule has 3 unspecified atom stereocenters. The molecule has 5 aromatic rings. The minimum absolute atomic E-state index is 0.00161. The van der Waals surface area contributed by atoms with E-state index in [1.807, 2.05) is 0 Å². The molecular weight excluding hydrogens is 1330 g/mol. The number of carbonyl (C=O) groups is 8. The van der Waals surface area contributed by atoms with Crippen LogP contribution >= 0.6 is 13.4 Å². The maximum atomic E-state index is 16.5. The molecule has 3 aliphatic heterocycles. The highest BCUT2D eigenvalue weighted by Gasteiger charge is 2.55. The van der Waals surface area contributed by atoms with Gasteiger partial charge in [-0.05, 0) is 59.9 Å². The fourth-order valence-electron chi connectivity index (χ4n) is 10.3. The summed E-state index contributed by atoms with van der Waals surface area (Å²) in [6.07, 6.45) is -12.1. The summed E-state index contributed by atoms with van der Waals surface area (Å²) in [6, 6.07) is 4.66. The van der Waals surface area contributed by atoms with Crippen molar-refractivity contribution in [3.8, 4) is 0 Å². The number of ether oxygens (including phenoxy) is 5. The van der Waals surface area contributed by atoms with E-state index < -0.39 is 136 Å². The van der Waals surface area contributed by atoms with Crippen LogP contribution in [0, 0.1) is 17.8 Å². The number of nitrogens with zero attached hydrogens (tertiary/aromatic N) is 8. The first-order valence-electron chi connectivity index (χ1n) is 29.3. The van der Waals surface area contributed by atoms with E-state index in [9.17, 15) is 52.9 Å². The number of nitrogens with one attached hydrogen (secondary N) is 3. The molecule has 8 rings (SSSR count). The van der Waals surface area contributed by atoms with Gasteiger partial charge in [-0.1, -0.05) is 45.0 Å². The third kappa shape index (κ3) is 18.9. The molecule has 4 amide bonds. The Morgan fingerprint density at radius 2 is 1.46 bits per heavy atom. The minimum atomic E-state index is -4.56. The van der Waals surface area contributed by atoms with Crippen LogP contribution in [0.15, 0.2) is 48.0 Å². The second-order valence-electron chi connectivity index (χ2n) is 22.6. The third-order valence-corrected chi connectivity index (χ3v) is 18.5. The molecule has 0 saturated carbocycles. The molecule has 3 fully saturated rings. The van der Waals surface area contributed by atoms with Gasteiger partial charge in [0.1, 0.15) is 61.0 Å². The van der Waals surface area contributed by atoms with Gasteiger partial charge in [0.15, 0.2) is 53.1 Å². The van der Waals surface area contributed by atoms with Crippen molar-refractivity contribution in [2.45, 2.75) is 134 Å². The molecule has 35 nitrogen and oxygen atoms in total. The second kappa shape index (κ2) is 31.8. The number of likely N-dealkylation sites (N-methyl/N-ethyl adjacent to an activating group) is 1. The fourth-order valence-corrected chi connectivity index (χ4v) is 13.2. The van der Waals surface area contributed by atoms with Gasteiger partial charge >= 0.3 is 37.7 Å². The summed E-state index contributed by atoms with van der Waals surface area (Å²) in [7, 11) is 1.35. The highest BCUT2D eigenvalue weighted by atomic mass is 32.5. The molecule has 512 valence electrons. The van der Waals surface area contributed by atoms with Crippen LogP contribution in [-0.2, 0) is 102 Å². The first kappa shape index (κ1) is 72.2.